The van der Waals surface area contributed by atoms with Gasteiger partial charge in [0.15, 0.2) is 0 Å². The van der Waals surface area contributed by atoms with Crippen LogP contribution in [0.2, 0.25) is 0 Å². The lowest BCUT2D eigenvalue weighted by Crippen LogP contribution is -1.95. The Balaban J connectivity index is 3.20. The van der Waals surface area contributed by atoms with Crippen molar-refractivity contribution >= 4 is 15.9 Å². The van der Waals surface area contributed by atoms with Crippen molar-refractivity contribution < 1.29 is 0 Å². The van der Waals surface area contributed by atoms with Gasteiger partial charge in [0.1, 0.15) is 0 Å². The van der Waals surface area contributed by atoms with E-state index < -0.39 is 0 Å². The highest BCUT2D eigenvalue weighted by Crippen LogP contribution is 2.15. The number of halogens is 1. The molecule has 0 heterocycles. The van der Waals surface area contributed by atoms with Gasteiger partial charge in [0.25, 0.3) is 0 Å². The van der Waals surface area contributed by atoms with Crippen molar-refractivity contribution in [2.75, 3.05) is 0 Å². The number of alkyl halides is 1. The zero-order valence-corrected chi connectivity index (χ0v) is 10.6. The first-order chi connectivity index (χ1) is 6.31. The van der Waals surface area contributed by atoms with Crippen molar-refractivity contribution in [3.63, 3.8) is 0 Å². The van der Waals surface area contributed by atoms with Gasteiger partial charge in [0.05, 0.1) is 0 Å². The van der Waals surface area contributed by atoms with Gasteiger partial charge < -0.3 is 0 Å². The SMILES string of the molecule is CCCC=CCCC(Br)CCCC. The molecule has 13 heavy (non-hydrogen) atoms. The molecule has 0 N–H and O–H groups in total. The summed E-state index contributed by atoms with van der Waals surface area (Å²) in [6.07, 6.45) is 13.7. The second-order valence-corrected chi connectivity index (χ2v) is 4.87. The van der Waals surface area contributed by atoms with Crippen molar-refractivity contribution in [2.45, 2.75) is 63.6 Å². The minimum Gasteiger partial charge on any atom is -0.0891 e. The van der Waals surface area contributed by atoms with E-state index in [0.29, 0.717) is 0 Å². The molecule has 0 nitrogen and oxygen atoms in total. The van der Waals surface area contributed by atoms with Crippen LogP contribution in [0.25, 0.3) is 0 Å². The molecular weight excluding hydrogens is 224 g/mol. The molecule has 0 bridgehead atoms. The fraction of sp³-hybridized carbons (Fsp3) is 0.833. The van der Waals surface area contributed by atoms with Crippen LogP contribution in [0.1, 0.15) is 58.8 Å². The fourth-order valence-electron chi connectivity index (χ4n) is 1.25. The van der Waals surface area contributed by atoms with Gasteiger partial charge in [-0.05, 0) is 25.7 Å². The van der Waals surface area contributed by atoms with Crippen LogP contribution >= 0.6 is 15.9 Å². The van der Waals surface area contributed by atoms with Crippen molar-refractivity contribution in [3.8, 4) is 0 Å². The highest BCUT2D eigenvalue weighted by atomic mass is 79.9. The quantitative estimate of drug-likeness (QED) is 0.414. The summed E-state index contributed by atoms with van der Waals surface area (Å²) in [6.45, 7) is 4.47. The van der Waals surface area contributed by atoms with E-state index in [1.165, 1.54) is 44.9 Å². The van der Waals surface area contributed by atoms with Crippen LogP contribution in [0, 0.1) is 0 Å². The molecule has 1 atom stereocenters. The molecule has 0 saturated carbocycles. The summed E-state index contributed by atoms with van der Waals surface area (Å²) < 4.78 is 0. The highest BCUT2D eigenvalue weighted by molar-refractivity contribution is 9.09. The van der Waals surface area contributed by atoms with Gasteiger partial charge in [0.2, 0.25) is 0 Å². The van der Waals surface area contributed by atoms with Gasteiger partial charge in [-0.2, -0.15) is 0 Å². The molecule has 0 aromatic carbocycles. The smallest absolute Gasteiger partial charge is 0.0148 e. The van der Waals surface area contributed by atoms with E-state index in [1.54, 1.807) is 0 Å². The molecule has 0 aliphatic rings. The number of allylic oxidation sites excluding steroid dienone is 2. The lowest BCUT2D eigenvalue weighted by atomic mass is 10.1. The van der Waals surface area contributed by atoms with Crippen LogP contribution in [0.4, 0.5) is 0 Å². The molecule has 0 aromatic rings. The minimum atomic E-state index is 0.735. The largest absolute Gasteiger partial charge is 0.0891 e. The molecule has 0 aromatic heterocycles. The lowest BCUT2D eigenvalue weighted by Gasteiger charge is -2.05. The third-order valence-corrected chi connectivity index (χ3v) is 3.06. The third-order valence-electron chi connectivity index (χ3n) is 2.14. The predicted octanol–water partition coefficient (Wildman–Crippen LogP) is 5.08. The van der Waals surface area contributed by atoms with Crippen molar-refractivity contribution in [3.05, 3.63) is 12.2 Å². The Kier molecular flexibility index (Phi) is 10.5. The number of rotatable bonds is 8. The van der Waals surface area contributed by atoms with Crippen molar-refractivity contribution in [1.82, 2.24) is 0 Å². The van der Waals surface area contributed by atoms with Gasteiger partial charge in [0, 0.05) is 4.83 Å². The average Bonchev–Trinajstić information content (AvgIpc) is 2.14. The molecule has 0 aliphatic carbocycles. The van der Waals surface area contributed by atoms with Gasteiger partial charge in [-0.1, -0.05) is 61.2 Å². The topological polar surface area (TPSA) is 0 Å². The zero-order chi connectivity index (χ0) is 9.94. The Hall–Kier alpha value is 0.220. The van der Waals surface area contributed by atoms with Gasteiger partial charge >= 0.3 is 0 Å². The van der Waals surface area contributed by atoms with E-state index in [2.05, 4.69) is 41.9 Å². The summed E-state index contributed by atoms with van der Waals surface area (Å²) in [7, 11) is 0. The van der Waals surface area contributed by atoms with Gasteiger partial charge in [-0.3, -0.25) is 0 Å². The Morgan fingerprint density at radius 2 is 1.69 bits per heavy atom. The second-order valence-electron chi connectivity index (χ2n) is 3.58. The molecule has 0 rings (SSSR count). The van der Waals surface area contributed by atoms with E-state index in [9.17, 15) is 0 Å². The van der Waals surface area contributed by atoms with Gasteiger partial charge in [-0.25, -0.2) is 0 Å². The molecule has 1 unspecified atom stereocenters. The summed E-state index contributed by atoms with van der Waals surface area (Å²) in [5.74, 6) is 0. The van der Waals surface area contributed by atoms with E-state index in [0.717, 1.165) is 4.83 Å². The molecule has 0 spiro atoms. The number of hydrogen-bond acceptors (Lipinski definition) is 0. The molecule has 0 saturated heterocycles. The first-order valence-corrected chi connectivity index (χ1v) is 6.51. The van der Waals surface area contributed by atoms with Crippen LogP contribution in [0.3, 0.4) is 0 Å². The van der Waals surface area contributed by atoms with Crippen LogP contribution in [-0.4, -0.2) is 4.83 Å². The molecule has 0 fully saturated rings. The Morgan fingerprint density at radius 3 is 2.31 bits per heavy atom. The highest BCUT2D eigenvalue weighted by Gasteiger charge is 2.00. The first-order valence-electron chi connectivity index (χ1n) is 5.60. The monoisotopic (exact) mass is 246 g/mol. The summed E-state index contributed by atoms with van der Waals surface area (Å²) in [5, 5.41) is 0. The summed E-state index contributed by atoms with van der Waals surface area (Å²) in [4.78, 5) is 0.735. The minimum absolute atomic E-state index is 0.735. The van der Waals surface area contributed by atoms with E-state index in [1.807, 2.05) is 0 Å². The number of unbranched alkanes of at least 4 members (excludes halogenated alkanes) is 2. The lowest BCUT2D eigenvalue weighted by molar-refractivity contribution is 0.659. The maximum absolute atomic E-state index is 3.71. The summed E-state index contributed by atoms with van der Waals surface area (Å²) >= 11 is 3.71. The molecule has 0 aliphatic heterocycles. The molecule has 1 heteroatoms. The third kappa shape index (κ3) is 10.1. The van der Waals surface area contributed by atoms with Crippen LogP contribution < -0.4 is 0 Å². The predicted molar refractivity (Wildman–Crippen MR) is 65.5 cm³/mol. The van der Waals surface area contributed by atoms with Crippen LogP contribution in [0.5, 0.6) is 0 Å². The van der Waals surface area contributed by atoms with Crippen LogP contribution in [-0.2, 0) is 0 Å². The maximum atomic E-state index is 3.71. The maximum Gasteiger partial charge on any atom is 0.0148 e. The zero-order valence-electron chi connectivity index (χ0n) is 9.06. The molecular formula is C12H23Br. The Bertz CT molecular complexity index is 118. The van der Waals surface area contributed by atoms with E-state index >= 15 is 0 Å². The van der Waals surface area contributed by atoms with E-state index in [-0.39, 0.29) is 0 Å². The summed E-state index contributed by atoms with van der Waals surface area (Å²) in [6, 6.07) is 0. The van der Waals surface area contributed by atoms with E-state index in [4.69, 9.17) is 0 Å². The normalized spacial score (nSPS) is 13.8. The number of hydrogen-bond donors (Lipinski definition) is 0. The molecule has 0 radical (unpaired) electrons. The van der Waals surface area contributed by atoms with Crippen molar-refractivity contribution in [1.29, 1.82) is 0 Å². The fourth-order valence-corrected chi connectivity index (χ4v) is 1.84. The Morgan fingerprint density at radius 1 is 1.00 bits per heavy atom. The van der Waals surface area contributed by atoms with Crippen LogP contribution in [0.15, 0.2) is 12.2 Å². The van der Waals surface area contributed by atoms with Crippen molar-refractivity contribution in [2.24, 2.45) is 0 Å². The first kappa shape index (κ1) is 13.2. The average molecular weight is 247 g/mol. The van der Waals surface area contributed by atoms with Gasteiger partial charge in [-0.15, -0.1) is 0 Å². The Labute approximate surface area is 91.9 Å². The molecule has 78 valence electrons. The summed E-state index contributed by atoms with van der Waals surface area (Å²) in [5.41, 5.74) is 0. The second kappa shape index (κ2) is 10.3. The standard InChI is InChI=1S/C12H23Br/c1-3-5-7-8-9-11-12(13)10-6-4-2/h7-8,12H,3-6,9-11H2,1-2H3. The molecule has 0 amide bonds.